The van der Waals surface area contributed by atoms with E-state index in [0.717, 1.165) is 12.3 Å². The zero-order chi connectivity index (χ0) is 13.1. The molecule has 1 aromatic rings. The van der Waals surface area contributed by atoms with Crippen LogP contribution in [-0.2, 0) is 6.18 Å². The molecule has 1 heterocycles. The summed E-state index contributed by atoms with van der Waals surface area (Å²) in [5.74, 6) is -0.218. The summed E-state index contributed by atoms with van der Waals surface area (Å²) in [6.45, 7) is 2.25. The van der Waals surface area contributed by atoms with E-state index < -0.39 is 11.7 Å². The molecule has 1 rings (SSSR count). The molecule has 0 N–H and O–H groups in total. The summed E-state index contributed by atoms with van der Waals surface area (Å²) >= 11 is 0. The fraction of sp³-hybridized carbons (Fsp3) is 0.545. The molecule has 0 atom stereocenters. The minimum atomic E-state index is -4.42. The number of rotatable bonds is 4. The summed E-state index contributed by atoms with van der Waals surface area (Å²) in [7, 11) is 3.64. The van der Waals surface area contributed by atoms with Crippen molar-refractivity contribution >= 4 is 0 Å². The van der Waals surface area contributed by atoms with Crippen LogP contribution in [0.1, 0.15) is 11.3 Å². The Labute approximate surface area is 98.2 Å². The van der Waals surface area contributed by atoms with Crippen LogP contribution < -0.4 is 4.74 Å². The number of ether oxygens (including phenoxy) is 1. The molecule has 0 fully saturated rings. The highest BCUT2D eigenvalue weighted by Crippen LogP contribution is 2.35. The standard InChI is InChI=1S/C11H15F3N2O/c1-8-6-9(11(12,13)14)10(7-15-8)17-5-4-16(2)3/h6-7H,4-5H2,1-3H3. The van der Waals surface area contributed by atoms with E-state index >= 15 is 0 Å². The molecule has 0 saturated heterocycles. The topological polar surface area (TPSA) is 25.4 Å². The van der Waals surface area contributed by atoms with Crippen LogP contribution >= 0.6 is 0 Å². The zero-order valence-corrected chi connectivity index (χ0v) is 10.0. The lowest BCUT2D eigenvalue weighted by molar-refractivity contribution is -0.139. The lowest BCUT2D eigenvalue weighted by atomic mass is 10.2. The van der Waals surface area contributed by atoms with Crippen molar-refractivity contribution in [2.45, 2.75) is 13.1 Å². The summed E-state index contributed by atoms with van der Waals surface area (Å²) in [5.41, 5.74) is -0.457. The number of hydrogen-bond donors (Lipinski definition) is 0. The van der Waals surface area contributed by atoms with E-state index in [-0.39, 0.29) is 12.4 Å². The molecule has 0 amide bonds. The Bertz CT molecular complexity index is 377. The molecule has 6 heteroatoms. The first-order chi connectivity index (χ1) is 7.80. The van der Waals surface area contributed by atoms with Gasteiger partial charge in [0, 0.05) is 12.2 Å². The molecule has 0 aliphatic carbocycles. The molecular formula is C11H15F3N2O. The van der Waals surface area contributed by atoms with E-state index in [1.807, 2.05) is 19.0 Å². The number of alkyl halides is 3. The predicted molar refractivity (Wildman–Crippen MR) is 58.0 cm³/mol. The van der Waals surface area contributed by atoms with Crippen LogP contribution in [0.15, 0.2) is 12.3 Å². The maximum atomic E-state index is 12.7. The molecule has 0 bridgehead atoms. The van der Waals surface area contributed by atoms with Crippen molar-refractivity contribution in [3.63, 3.8) is 0 Å². The predicted octanol–water partition coefficient (Wildman–Crippen LogP) is 2.35. The number of halogens is 3. The molecule has 96 valence electrons. The molecule has 0 saturated carbocycles. The van der Waals surface area contributed by atoms with Crippen molar-refractivity contribution in [3.8, 4) is 5.75 Å². The molecule has 17 heavy (non-hydrogen) atoms. The first kappa shape index (κ1) is 13.8. The summed E-state index contributed by atoms with van der Waals surface area (Å²) in [6.07, 6.45) is -3.30. The van der Waals surface area contributed by atoms with Gasteiger partial charge < -0.3 is 9.64 Å². The fourth-order valence-corrected chi connectivity index (χ4v) is 1.22. The van der Waals surface area contributed by atoms with Crippen LogP contribution in [0.4, 0.5) is 13.2 Å². The van der Waals surface area contributed by atoms with E-state index in [1.54, 1.807) is 0 Å². The third kappa shape index (κ3) is 4.22. The third-order valence-electron chi connectivity index (χ3n) is 2.11. The molecule has 0 spiro atoms. The van der Waals surface area contributed by atoms with Gasteiger partial charge in [-0.05, 0) is 27.1 Å². The Balaban J connectivity index is 2.84. The SMILES string of the molecule is Cc1cc(C(F)(F)F)c(OCCN(C)C)cn1. The van der Waals surface area contributed by atoms with Gasteiger partial charge in [-0.15, -0.1) is 0 Å². The lowest BCUT2D eigenvalue weighted by Gasteiger charge is -2.15. The van der Waals surface area contributed by atoms with E-state index in [1.165, 1.54) is 6.92 Å². The van der Waals surface area contributed by atoms with Crippen LogP contribution in [-0.4, -0.2) is 37.1 Å². The Morgan fingerprint density at radius 1 is 1.35 bits per heavy atom. The zero-order valence-electron chi connectivity index (χ0n) is 10.0. The third-order valence-corrected chi connectivity index (χ3v) is 2.11. The highest BCUT2D eigenvalue weighted by atomic mass is 19.4. The number of aromatic nitrogens is 1. The maximum Gasteiger partial charge on any atom is 0.420 e. The van der Waals surface area contributed by atoms with Gasteiger partial charge in [-0.2, -0.15) is 13.2 Å². The van der Waals surface area contributed by atoms with Crippen molar-refractivity contribution in [1.82, 2.24) is 9.88 Å². The van der Waals surface area contributed by atoms with Crippen LogP contribution in [0, 0.1) is 6.92 Å². The Hall–Kier alpha value is -1.30. The van der Waals surface area contributed by atoms with Crippen molar-refractivity contribution < 1.29 is 17.9 Å². The normalized spacial score (nSPS) is 11.9. The van der Waals surface area contributed by atoms with Crippen LogP contribution in [0.3, 0.4) is 0 Å². The Morgan fingerprint density at radius 2 is 2.00 bits per heavy atom. The number of likely N-dealkylation sites (N-methyl/N-ethyl adjacent to an activating group) is 1. The second kappa shape index (κ2) is 5.35. The summed E-state index contributed by atoms with van der Waals surface area (Å²) in [6, 6.07) is 0.991. The average molecular weight is 248 g/mol. The number of hydrogen-bond acceptors (Lipinski definition) is 3. The summed E-state index contributed by atoms with van der Waals surface area (Å²) in [5, 5.41) is 0. The van der Waals surface area contributed by atoms with Crippen molar-refractivity contribution in [2.24, 2.45) is 0 Å². The second-order valence-corrected chi connectivity index (χ2v) is 3.97. The molecule has 0 radical (unpaired) electrons. The summed E-state index contributed by atoms with van der Waals surface area (Å²) < 4.78 is 43.2. The summed E-state index contributed by atoms with van der Waals surface area (Å²) in [4.78, 5) is 5.64. The fourth-order valence-electron chi connectivity index (χ4n) is 1.22. The van der Waals surface area contributed by atoms with Crippen molar-refractivity contribution in [3.05, 3.63) is 23.5 Å². The Morgan fingerprint density at radius 3 is 2.53 bits per heavy atom. The quantitative estimate of drug-likeness (QED) is 0.817. The van der Waals surface area contributed by atoms with Gasteiger partial charge in [-0.3, -0.25) is 4.98 Å². The number of aryl methyl sites for hydroxylation is 1. The van der Waals surface area contributed by atoms with Gasteiger partial charge in [-0.25, -0.2) is 0 Å². The van der Waals surface area contributed by atoms with E-state index in [0.29, 0.717) is 12.2 Å². The van der Waals surface area contributed by atoms with Gasteiger partial charge in [0.1, 0.15) is 17.9 Å². The van der Waals surface area contributed by atoms with Gasteiger partial charge >= 0.3 is 6.18 Å². The van der Waals surface area contributed by atoms with Crippen LogP contribution in [0.25, 0.3) is 0 Å². The first-order valence-electron chi connectivity index (χ1n) is 5.12. The van der Waals surface area contributed by atoms with Crippen molar-refractivity contribution in [1.29, 1.82) is 0 Å². The van der Waals surface area contributed by atoms with Gasteiger partial charge in [0.05, 0.1) is 6.20 Å². The Kier molecular flexibility index (Phi) is 4.34. The minimum Gasteiger partial charge on any atom is -0.490 e. The number of nitrogens with zero attached hydrogens (tertiary/aromatic N) is 2. The lowest BCUT2D eigenvalue weighted by Crippen LogP contribution is -2.20. The average Bonchev–Trinajstić information content (AvgIpc) is 2.18. The van der Waals surface area contributed by atoms with Gasteiger partial charge in [0.2, 0.25) is 0 Å². The smallest absolute Gasteiger partial charge is 0.420 e. The molecule has 0 aromatic carbocycles. The highest BCUT2D eigenvalue weighted by Gasteiger charge is 2.34. The highest BCUT2D eigenvalue weighted by molar-refractivity contribution is 5.34. The molecule has 0 unspecified atom stereocenters. The molecule has 3 nitrogen and oxygen atoms in total. The van der Waals surface area contributed by atoms with Gasteiger partial charge in [0.15, 0.2) is 0 Å². The monoisotopic (exact) mass is 248 g/mol. The van der Waals surface area contributed by atoms with Crippen LogP contribution in [0.2, 0.25) is 0 Å². The molecular weight excluding hydrogens is 233 g/mol. The van der Waals surface area contributed by atoms with Gasteiger partial charge in [-0.1, -0.05) is 0 Å². The molecule has 0 aliphatic rings. The molecule has 1 aromatic heterocycles. The van der Waals surface area contributed by atoms with Crippen molar-refractivity contribution in [2.75, 3.05) is 27.2 Å². The van der Waals surface area contributed by atoms with Crippen LogP contribution in [0.5, 0.6) is 5.75 Å². The van der Waals surface area contributed by atoms with E-state index in [9.17, 15) is 13.2 Å². The largest absolute Gasteiger partial charge is 0.490 e. The second-order valence-electron chi connectivity index (χ2n) is 3.97. The van der Waals surface area contributed by atoms with Gasteiger partial charge in [0.25, 0.3) is 0 Å². The van der Waals surface area contributed by atoms with E-state index in [2.05, 4.69) is 4.98 Å². The maximum absolute atomic E-state index is 12.7. The number of pyridine rings is 1. The minimum absolute atomic E-state index is 0.195. The molecule has 0 aliphatic heterocycles. The van der Waals surface area contributed by atoms with E-state index in [4.69, 9.17) is 4.74 Å². The first-order valence-corrected chi connectivity index (χ1v) is 5.12.